The van der Waals surface area contributed by atoms with E-state index in [1.165, 1.54) is 38.9 Å². The van der Waals surface area contributed by atoms with E-state index in [1.807, 2.05) is 0 Å². The van der Waals surface area contributed by atoms with E-state index >= 15 is 0 Å². The summed E-state index contributed by atoms with van der Waals surface area (Å²) < 4.78 is 0. The van der Waals surface area contributed by atoms with E-state index < -0.39 is 0 Å². The Hall–Kier alpha value is -0.380. The van der Waals surface area contributed by atoms with Crippen molar-refractivity contribution in [3.05, 3.63) is 11.6 Å². The van der Waals surface area contributed by atoms with Gasteiger partial charge >= 0.3 is 0 Å². The highest BCUT2D eigenvalue weighted by Gasteiger charge is 2.29. The average Bonchev–Trinajstić information content (AvgIpc) is 3.06. The normalized spacial score (nSPS) is 26.7. The lowest BCUT2D eigenvalue weighted by Crippen LogP contribution is -2.42. The largest absolute Gasteiger partial charge is 0.303 e. The zero-order valence-electron chi connectivity index (χ0n) is 12.3. The average molecular weight is 251 g/mol. The highest BCUT2D eigenvalue weighted by molar-refractivity contribution is 5.18. The third-order valence-corrected chi connectivity index (χ3v) is 4.61. The predicted molar refractivity (Wildman–Crippen MR) is 77.7 cm³/mol. The van der Waals surface area contributed by atoms with Crippen molar-refractivity contribution in [1.29, 1.82) is 0 Å². The summed E-state index contributed by atoms with van der Waals surface area (Å²) in [6, 6.07) is 1.24. The molecular weight excluding hydrogens is 222 g/mol. The Kier molecular flexibility index (Phi) is 5.22. The molecule has 0 aromatic carbocycles. The van der Waals surface area contributed by atoms with Gasteiger partial charge in [0.1, 0.15) is 0 Å². The molecule has 2 rings (SSSR count). The summed E-state index contributed by atoms with van der Waals surface area (Å²) in [5.41, 5.74) is 1.63. The van der Waals surface area contributed by atoms with Crippen LogP contribution in [0.15, 0.2) is 11.6 Å². The van der Waals surface area contributed by atoms with Crippen molar-refractivity contribution in [2.45, 2.75) is 52.1 Å². The molecule has 0 aliphatic carbocycles. The van der Waals surface area contributed by atoms with Crippen molar-refractivity contribution in [3.63, 3.8) is 0 Å². The number of allylic oxidation sites excluding steroid dienone is 1. The minimum atomic E-state index is 0.579. The van der Waals surface area contributed by atoms with Gasteiger partial charge in [0.25, 0.3) is 0 Å². The molecule has 0 bridgehead atoms. The van der Waals surface area contributed by atoms with Crippen molar-refractivity contribution >= 4 is 0 Å². The summed E-state index contributed by atoms with van der Waals surface area (Å²) in [4.78, 5) is 5.25. The Morgan fingerprint density at radius 2 is 1.94 bits per heavy atom. The molecule has 0 spiro atoms. The quantitative estimate of drug-likeness (QED) is 0.755. The van der Waals surface area contributed by atoms with Gasteiger partial charge in [-0.25, -0.2) is 0 Å². The van der Waals surface area contributed by atoms with Crippen LogP contribution >= 0.6 is 0 Å². The third-order valence-electron chi connectivity index (χ3n) is 4.61. The fraction of sp³-hybridized carbons (Fsp3) is 0.867. The molecule has 3 nitrogen and oxygen atoms in total. The first-order chi connectivity index (χ1) is 8.77. The lowest BCUT2D eigenvalue weighted by atomic mass is 9.95. The number of hydrogen-bond donors (Lipinski definition) is 1. The summed E-state index contributed by atoms with van der Waals surface area (Å²) >= 11 is 0. The van der Waals surface area contributed by atoms with Crippen LogP contribution in [0.2, 0.25) is 0 Å². The van der Waals surface area contributed by atoms with E-state index in [2.05, 4.69) is 42.0 Å². The molecule has 2 unspecified atom stereocenters. The summed E-state index contributed by atoms with van der Waals surface area (Å²) in [5.74, 6) is 0. The van der Waals surface area contributed by atoms with Gasteiger partial charge in [0.15, 0.2) is 0 Å². The maximum Gasteiger partial charge on any atom is 0.0486 e. The highest BCUT2D eigenvalue weighted by Crippen LogP contribution is 2.25. The number of nitrogens with zero attached hydrogens (tertiary/aromatic N) is 2. The summed E-state index contributed by atoms with van der Waals surface area (Å²) in [7, 11) is 0. The molecule has 2 atom stereocenters. The van der Waals surface area contributed by atoms with E-state index in [1.54, 1.807) is 5.57 Å². The number of likely N-dealkylation sites (tertiary alicyclic amines) is 1. The molecule has 2 saturated heterocycles. The summed E-state index contributed by atoms with van der Waals surface area (Å²) in [6.07, 6.45) is 6.38. The first-order valence-corrected chi connectivity index (χ1v) is 7.62. The van der Waals surface area contributed by atoms with Gasteiger partial charge in [0, 0.05) is 31.8 Å². The zero-order valence-corrected chi connectivity index (χ0v) is 12.3. The van der Waals surface area contributed by atoms with Gasteiger partial charge in [-0.15, -0.1) is 0 Å². The van der Waals surface area contributed by atoms with Crippen LogP contribution in [0, 0.1) is 0 Å². The second-order valence-electron chi connectivity index (χ2n) is 5.60. The minimum Gasteiger partial charge on any atom is -0.303 e. The summed E-state index contributed by atoms with van der Waals surface area (Å²) in [5, 5.41) is 3.44. The van der Waals surface area contributed by atoms with Crippen LogP contribution < -0.4 is 5.32 Å². The molecule has 2 heterocycles. The first-order valence-electron chi connectivity index (χ1n) is 7.62. The molecule has 1 N–H and O–H groups in total. The number of hydrogen-bond acceptors (Lipinski definition) is 3. The Labute approximate surface area is 112 Å². The van der Waals surface area contributed by atoms with Crippen molar-refractivity contribution in [2.75, 3.05) is 32.8 Å². The van der Waals surface area contributed by atoms with Gasteiger partial charge in [-0.2, -0.15) is 0 Å². The molecule has 0 aromatic heterocycles. The lowest BCUT2D eigenvalue weighted by molar-refractivity contribution is 0.218. The van der Waals surface area contributed by atoms with Crippen LogP contribution in [-0.4, -0.2) is 54.7 Å². The van der Waals surface area contributed by atoms with Crippen molar-refractivity contribution < 1.29 is 0 Å². The van der Waals surface area contributed by atoms with Gasteiger partial charge in [0.05, 0.1) is 0 Å². The molecular formula is C15H29N3. The van der Waals surface area contributed by atoms with Gasteiger partial charge in [-0.1, -0.05) is 13.0 Å². The molecule has 3 heteroatoms. The van der Waals surface area contributed by atoms with Crippen LogP contribution in [0.3, 0.4) is 0 Å². The lowest BCUT2D eigenvalue weighted by Gasteiger charge is -2.35. The molecule has 0 saturated carbocycles. The Balaban J connectivity index is 2.05. The molecule has 0 aromatic rings. The maximum absolute atomic E-state index is 3.44. The molecule has 2 aliphatic rings. The van der Waals surface area contributed by atoms with Crippen LogP contribution in [0.4, 0.5) is 0 Å². The van der Waals surface area contributed by atoms with Crippen LogP contribution in [0.1, 0.15) is 40.0 Å². The first kappa shape index (κ1) is 14.0. The van der Waals surface area contributed by atoms with Gasteiger partial charge in [0.2, 0.25) is 0 Å². The molecule has 104 valence electrons. The zero-order chi connectivity index (χ0) is 13.0. The second-order valence-corrected chi connectivity index (χ2v) is 5.60. The van der Waals surface area contributed by atoms with Gasteiger partial charge < -0.3 is 5.32 Å². The van der Waals surface area contributed by atoms with E-state index in [9.17, 15) is 0 Å². The molecule has 0 radical (unpaired) electrons. The smallest absolute Gasteiger partial charge is 0.0486 e. The SMILES string of the molecule is C/C=C(/C(C)N1CCNC1)C(CC)N1CCCC1. The van der Waals surface area contributed by atoms with E-state index in [-0.39, 0.29) is 0 Å². The van der Waals surface area contributed by atoms with Crippen LogP contribution in [0.25, 0.3) is 0 Å². The Morgan fingerprint density at radius 1 is 1.22 bits per heavy atom. The second kappa shape index (κ2) is 6.69. The van der Waals surface area contributed by atoms with Gasteiger partial charge in [-0.05, 0) is 51.8 Å². The van der Waals surface area contributed by atoms with Crippen molar-refractivity contribution in [2.24, 2.45) is 0 Å². The molecule has 2 aliphatic heterocycles. The van der Waals surface area contributed by atoms with E-state index in [4.69, 9.17) is 0 Å². The minimum absolute atomic E-state index is 0.579. The van der Waals surface area contributed by atoms with E-state index in [0.29, 0.717) is 12.1 Å². The number of nitrogens with one attached hydrogen (secondary N) is 1. The standard InChI is InChI=1S/C15H29N3/c1-4-14(13(3)18-11-8-16-12-18)15(5-2)17-9-6-7-10-17/h4,13,15-16H,5-12H2,1-3H3/b14-4-. The topological polar surface area (TPSA) is 18.5 Å². The van der Waals surface area contributed by atoms with Crippen molar-refractivity contribution in [1.82, 2.24) is 15.1 Å². The Morgan fingerprint density at radius 3 is 2.44 bits per heavy atom. The van der Waals surface area contributed by atoms with Crippen LogP contribution in [0.5, 0.6) is 0 Å². The monoisotopic (exact) mass is 251 g/mol. The predicted octanol–water partition coefficient (Wildman–Crippen LogP) is 2.06. The fourth-order valence-electron chi connectivity index (χ4n) is 3.54. The van der Waals surface area contributed by atoms with Crippen molar-refractivity contribution in [3.8, 4) is 0 Å². The highest BCUT2D eigenvalue weighted by atomic mass is 15.3. The van der Waals surface area contributed by atoms with Gasteiger partial charge in [-0.3, -0.25) is 9.80 Å². The number of rotatable bonds is 5. The molecule has 0 amide bonds. The van der Waals surface area contributed by atoms with Crippen LogP contribution in [-0.2, 0) is 0 Å². The fourth-order valence-corrected chi connectivity index (χ4v) is 3.54. The molecule has 18 heavy (non-hydrogen) atoms. The summed E-state index contributed by atoms with van der Waals surface area (Å²) in [6.45, 7) is 12.9. The Bertz CT molecular complexity index is 275. The third kappa shape index (κ3) is 2.95. The van der Waals surface area contributed by atoms with E-state index in [0.717, 1.165) is 13.2 Å². The maximum atomic E-state index is 3.44. The molecule has 2 fully saturated rings.